The molecule has 0 aliphatic rings. The van der Waals surface area contributed by atoms with Gasteiger partial charge in [-0.05, 0) is 39.0 Å². The summed E-state index contributed by atoms with van der Waals surface area (Å²) in [5.41, 5.74) is -3.21. The van der Waals surface area contributed by atoms with E-state index >= 15 is 0 Å². The number of alkyl halides is 3. The number of hydrogen-bond donors (Lipinski definition) is 2. The monoisotopic (exact) mass is 344 g/mol. The van der Waals surface area contributed by atoms with Crippen molar-refractivity contribution in [3.63, 3.8) is 0 Å². The molecule has 0 amide bonds. The van der Waals surface area contributed by atoms with Gasteiger partial charge in [-0.2, -0.15) is 13.2 Å². The Labute approximate surface area is 135 Å². The van der Waals surface area contributed by atoms with Crippen LogP contribution in [-0.4, -0.2) is 5.54 Å². The van der Waals surface area contributed by atoms with Gasteiger partial charge in [-0.15, -0.1) is 0 Å². The molecule has 2 rings (SSSR count). The second-order valence-corrected chi connectivity index (χ2v) is 6.44. The zero-order valence-corrected chi connectivity index (χ0v) is 13.3. The highest BCUT2D eigenvalue weighted by Gasteiger charge is 2.31. The predicted molar refractivity (Wildman–Crippen MR) is 83.5 cm³/mol. The molecule has 2 aromatic rings. The summed E-state index contributed by atoms with van der Waals surface area (Å²) in [5, 5.41) is 5.39. The van der Waals surface area contributed by atoms with Crippen molar-refractivity contribution < 1.29 is 17.6 Å². The molecule has 2 N–H and O–H groups in total. The maximum absolute atomic E-state index is 13.7. The third kappa shape index (κ3) is 3.74. The Kier molecular flexibility index (Phi) is 4.43. The molecule has 8 heteroatoms. The van der Waals surface area contributed by atoms with E-state index in [2.05, 4.69) is 10.6 Å². The van der Waals surface area contributed by atoms with Crippen molar-refractivity contribution in [3.05, 3.63) is 55.6 Å². The molecule has 0 saturated carbocycles. The van der Waals surface area contributed by atoms with E-state index in [4.69, 9.17) is 0 Å². The normalized spacial score (nSPS) is 12.5. The van der Waals surface area contributed by atoms with E-state index in [-0.39, 0.29) is 23.5 Å². The van der Waals surface area contributed by atoms with Gasteiger partial charge in [-0.1, -0.05) is 0 Å². The summed E-state index contributed by atoms with van der Waals surface area (Å²) in [7, 11) is 0. The summed E-state index contributed by atoms with van der Waals surface area (Å²) in [5.74, 6) is -0.834. The molecule has 0 aliphatic carbocycles. The van der Waals surface area contributed by atoms with E-state index in [0.717, 1.165) is 6.07 Å². The highest BCUT2D eigenvalue weighted by atomic mass is 19.4. The van der Waals surface area contributed by atoms with Gasteiger partial charge in [0.15, 0.2) is 0 Å². The van der Waals surface area contributed by atoms with Gasteiger partial charge in [0.05, 0.1) is 5.56 Å². The minimum atomic E-state index is -4.59. The third-order valence-electron chi connectivity index (χ3n) is 3.24. The van der Waals surface area contributed by atoms with Crippen LogP contribution in [0.25, 0.3) is 0 Å². The van der Waals surface area contributed by atoms with Crippen LogP contribution >= 0.6 is 0 Å². The lowest BCUT2D eigenvalue weighted by Crippen LogP contribution is -2.41. The number of nitrogens with one attached hydrogen (secondary N) is 2. The van der Waals surface area contributed by atoms with E-state index in [0.29, 0.717) is 12.1 Å². The van der Waals surface area contributed by atoms with Crippen LogP contribution < -0.4 is 21.5 Å². The van der Waals surface area contributed by atoms with Gasteiger partial charge in [0, 0.05) is 17.6 Å². The topological polar surface area (TPSA) is 58.2 Å². The molecule has 0 saturated heterocycles. The van der Waals surface area contributed by atoms with Crippen molar-refractivity contribution in [2.45, 2.75) is 39.0 Å². The molecule has 0 atom stereocenters. The Morgan fingerprint density at radius 3 is 2.12 bits per heavy atom. The quantitative estimate of drug-likeness (QED) is 0.660. The summed E-state index contributed by atoms with van der Waals surface area (Å²) in [6, 6.07) is 2.03. The molecule has 0 aromatic heterocycles. The lowest BCUT2D eigenvalue weighted by atomic mass is 10.1. The summed E-state index contributed by atoms with van der Waals surface area (Å²) in [6.45, 7) is 4.99. The van der Waals surface area contributed by atoms with Crippen LogP contribution in [-0.2, 0) is 12.7 Å². The van der Waals surface area contributed by atoms with E-state index in [1.165, 1.54) is 0 Å². The van der Waals surface area contributed by atoms with Crippen LogP contribution in [0.1, 0.15) is 31.9 Å². The van der Waals surface area contributed by atoms with Crippen molar-refractivity contribution in [3.8, 4) is 0 Å². The molecule has 0 spiro atoms. The number of benzene rings is 1. The van der Waals surface area contributed by atoms with Crippen molar-refractivity contribution in [1.82, 2.24) is 0 Å². The van der Waals surface area contributed by atoms with Gasteiger partial charge in [-0.3, -0.25) is 9.59 Å². The number of hydrogen-bond acceptors (Lipinski definition) is 4. The van der Waals surface area contributed by atoms with Gasteiger partial charge >= 0.3 is 6.18 Å². The third-order valence-corrected chi connectivity index (χ3v) is 3.24. The highest BCUT2D eigenvalue weighted by Crippen LogP contribution is 2.30. The van der Waals surface area contributed by atoms with Gasteiger partial charge < -0.3 is 10.6 Å². The van der Waals surface area contributed by atoms with Crippen molar-refractivity contribution in [2.24, 2.45) is 0 Å². The minimum absolute atomic E-state index is 0.0493. The molecule has 24 heavy (non-hydrogen) atoms. The van der Waals surface area contributed by atoms with E-state index in [9.17, 15) is 27.2 Å². The molecule has 130 valence electrons. The molecule has 0 aliphatic heterocycles. The first-order chi connectivity index (χ1) is 10.9. The number of rotatable bonds is 4. The Morgan fingerprint density at radius 1 is 1.00 bits per heavy atom. The molecular weight excluding hydrogens is 328 g/mol. The summed E-state index contributed by atoms with van der Waals surface area (Å²) in [4.78, 5) is 23.2. The number of anilines is 2. The zero-order valence-electron chi connectivity index (χ0n) is 13.3. The predicted octanol–water partition coefficient (Wildman–Crippen LogP) is 3.26. The zero-order chi connectivity index (χ0) is 18.3. The van der Waals surface area contributed by atoms with Crippen molar-refractivity contribution in [2.75, 3.05) is 10.6 Å². The Bertz CT molecular complexity index is 828. The molecule has 0 fully saturated rings. The first-order valence-electron chi connectivity index (χ1n) is 7.11. The molecular formula is C16H16F4N2O2. The maximum atomic E-state index is 13.7. The van der Waals surface area contributed by atoms with Crippen LogP contribution in [0.15, 0.2) is 27.8 Å². The standard InChI is InChI=1S/C16H16F4N2O2/c1-15(2,3)22-12-11(13(23)14(12)24)21-7-8-6-9(16(18,19)20)4-5-10(8)17/h4-6,21-22H,7H2,1-3H3. The SMILES string of the molecule is CC(C)(C)Nc1c(NCc2cc(C(F)(F)F)ccc2F)c(=O)c1=O. The van der Waals surface area contributed by atoms with Crippen LogP contribution in [0.2, 0.25) is 0 Å². The summed E-state index contributed by atoms with van der Waals surface area (Å²) >= 11 is 0. The van der Waals surface area contributed by atoms with Gasteiger partial charge in [0.25, 0.3) is 10.9 Å². The van der Waals surface area contributed by atoms with Gasteiger partial charge in [0.1, 0.15) is 17.2 Å². The second kappa shape index (κ2) is 5.92. The van der Waals surface area contributed by atoms with Crippen LogP contribution in [0, 0.1) is 5.82 Å². The summed E-state index contributed by atoms with van der Waals surface area (Å²) < 4.78 is 51.7. The first kappa shape index (κ1) is 18.0. The Hall–Kier alpha value is -2.38. The van der Waals surface area contributed by atoms with Gasteiger partial charge in [0.2, 0.25) is 0 Å². The molecule has 0 bridgehead atoms. The summed E-state index contributed by atoms with van der Waals surface area (Å²) in [6.07, 6.45) is -4.59. The lowest BCUT2D eigenvalue weighted by molar-refractivity contribution is -0.137. The van der Waals surface area contributed by atoms with E-state index < -0.39 is 34.0 Å². The van der Waals surface area contributed by atoms with Gasteiger partial charge in [-0.25, -0.2) is 4.39 Å². The fourth-order valence-electron chi connectivity index (χ4n) is 2.12. The smallest absolute Gasteiger partial charge is 0.376 e. The van der Waals surface area contributed by atoms with E-state index in [1.54, 1.807) is 20.8 Å². The largest absolute Gasteiger partial charge is 0.416 e. The van der Waals surface area contributed by atoms with Crippen molar-refractivity contribution >= 4 is 11.4 Å². The van der Waals surface area contributed by atoms with E-state index in [1.807, 2.05) is 0 Å². The molecule has 0 radical (unpaired) electrons. The molecule has 2 aromatic carbocycles. The molecule has 0 unspecified atom stereocenters. The number of halogens is 4. The lowest BCUT2D eigenvalue weighted by Gasteiger charge is -2.25. The van der Waals surface area contributed by atoms with Crippen LogP contribution in [0.3, 0.4) is 0 Å². The first-order valence-corrected chi connectivity index (χ1v) is 7.11. The fraction of sp³-hybridized carbons (Fsp3) is 0.375. The average Bonchev–Trinajstić information content (AvgIpc) is 2.45. The second-order valence-electron chi connectivity index (χ2n) is 6.44. The Balaban J connectivity index is 2.22. The molecule has 0 heterocycles. The van der Waals surface area contributed by atoms with Crippen LogP contribution in [0.5, 0.6) is 0 Å². The Morgan fingerprint density at radius 2 is 1.58 bits per heavy atom. The van der Waals surface area contributed by atoms with Crippen molar-refractivity contribution in [1.29, 1.82) is 0 Å². The molecule has 4 nitrogen and oxygen atoms in total. The van der Waals surface area contributed by atoms with Crippen LogP contribution in [0.4, 0.5) is 28.9 Å². The fourth-order valence-corrected chi connectivity index (χ4v) is 2.12. The average molecular weight is 344 g/mol. The highest BCUT2D eigenvalue weighted by molar-refractivity contribution is 5.74. The minimum Gasteiger partial charge on any atom is -0.376 e. The maximum Gasteiger partial charge on any atom is 0.416 e.